The van der Waals surface area contributed by atoms with Crippen LogP contribution in [0.1, 0.15) is 26.2 Å². The van der Waals surface area contributed by atoms with Gasteiger partial charge in [-0.15, -0.1) is 0 Å². The smallest absolute Gasteiger partial charge is 0.0184 e. The van der Waals surface area contributed by atoms with Crippen LogP contribution < -0.4 is 5.32 Å². The van der Waals surface area contributed by atoms with Crippen LogP contribution in [-0.2, 0) is 0 Å². The van der Waals surface area contributed by atoms with E-state index in [1.54, 1.807) is 0 Å². The van der Waals surface area contributed by atoms with E-state index in [0.717, 1.165) is 12.5 Å². The van der Waals surface area contributed by atoms with Crippen LogP contribution in [0, 0.1) is 5.92 Å². The van der Waals surface area contributed by atoms with Gasteiger partial charge in [0.05, 0.1) is 0 Å². The van der Waals surface area contributed by atoms with Crippen LogP contribution in [0.25, 0.3) is 0 Å². The molecule has 1 N–H and O–H groups in total. The summed E-state index contributed by atoms with van der Waals surface area (Å²) in [7, 11) is 2.19. The molecule has 82 valence electrons. The van der Waals surface area contributed by atoms with Crippen molar-refractivity contribution in [2.75, 3.05) is 33.2 Å². The molecular formula is C12H24N2. The van der Waals surface area contributed by atoms with E-state index in [0.29, 0.717) is 0 Å². The Balaban J connectivity index is 2.09. The number of rotatable bonds is 5. The van der Waals surface area contributed by atoms with E-state index in [1.165, 1.54) is 44.5 Å². The average Bonchev–Trinajstić information content (AvgIpc) is 2.15. The van der Waals surface area contributed by atoms with Crippen molar-refractivity contribution >= 4 is 0 Å². The monoisotopic (exact) mass is 196 g/mol. The van der Waals surface area contributed by atoms with Crippen molar-refractivity contribution in [1.82, 2.24) is 10.2 Å². The lowest BCUT2D eigenvalue weighted by Crippen LogP contribution is -2.32. The molecule has 1 aliphatic heterocycles. The zero-order valence-corrected chi connectivity index (χ0v) is 9.68. The molecule has 2 nitrogen and oxygen atoms in total. The molecule has 0 amide bonds. The van der Waals surface area contributed by atoms with Gasteiger partial charge in [-0.05, 0) is 58.8 Å². The van der Waals surface area contributed by atoms with E-state index < -0.39 is 0 Å². The molecule has 0 aromatic carbocycles. The summed E-state index contributed by atoms with van der Waals surface area (Å²) in [6.45, 7) is 10.7. The molecule has 1 unspecified atom stereocenters. The van der Waals surface area contributed by atoms with Crippen molar-refractivity contribution in [2.45, 2.75) is 26.2 Å². The van der Waals surface area contributed by atoms with Crippen molar-refractivity contribution in [3.8, 4) is 0 Å². The first kappa shape index (κ1) is 11.7. The summed E-state index contributed by atoms with van der Waals surface area (Å²) >= 11 is 0. The number of piperidine rings is 1. The van der Waals surface area contributed by atoms with Crippen molar-refractivity contribution in [3.05, 3.63) is 12.2 Å². The van der Waals surface area contributed by atoms with Gasteiger partial charge in [0.25, 0.3) is 0 Å². The summed E-state index contributed by atoms with van der Waals surface area (Å²) in [5, 5.41) is 3.46. The van der Waals surface area contributed by atoms with Crippen molar-refractivity contribution < 1.29 is 0 Å². The lowest BCUT2D eigenvalue weighted by atomic mass is 9.96. The van der Waals surface area contributed by atoms with E-state index >= 15 is 0 Å². The van der Waals surface area contributed by atoms with Crippen LogP contribution in [0.15, 0.2) is 12.2 Å². The highest BCUT2D eigenvalue weighted by atomic mass is 15.1. The Bertz CT molecular complexity index is 171. The fourth-order valence-corrected chi connectivity index (χ4v) is 2.11. The predicted octanol–water partition coefficient (Wildman–Crippen LogP) is 1.88. The van der Waals surface area contributed by atoms with E-state index in [4.69, 9.17) is 0 Å². The van der Waals surface area contributed by atoms with Gasteiger partial charge in [-0.2, -0.15) is 0 Å². The molecule has 1 fully saturated rings. The second kappa shape index (κ2) is 6.20. The minimum absolute atomic E-state index is 0.899. The van der Waals surface area contributed by atoms with Gasteiger partial charge in [-0.25, -0.2) is 0 Å². The Morgan fingerprint density at radius 3 is 2.93 bits per heavy atom. The first-order valence-corrected chi connectivity index (χ1v) is 5.72. The van der Waals surface area contributed by atoms with E-state index in [-0.39, 0.29) is 0 Å². The summed E-state index contributed by atoms with van der Waals surface area (Å²) in [6, 6.07) is 0. The minimum Gasteiger partial charge on any atom is -0.316 e. The third-order valence-electron chi connectivity index (χ3n) is 2.86. The molecule has 0 aromatic heterocycles. The number of hydrogen-bond acceptors (Lipinski definition) is 2. The largest absolute Gasteiger partial charge is 0.316 e. The summed E-state index contributed by atoms with van der Waals surface area (Å²) < 4.78 is 0. The molecule has 0 spiro atoms. The topological polar surface area (TPSA) is 15.3 Å². The van der Waals surface area contributed by atoms with Crippen LogP contribution in [0.2, 0.25) is 0 Å². The summed E-state index contributed by atoms with van der Waals surface area (Å²) in [6.07, 6.45) is 4.10. The quantitative estimate of drug-likeness (QED) is 0.675. The molecule has 0 aromatic rings. The Morgan fingerprint density at radius 1 is 1.57 bits per heavy atom. The van der Waals surface area contributed by atoms with Crippen molar-refractivity contribution in [3.63, 3.8) is 0 Å². The number of hydrogen-bond donors (Lipinski definition) is 1. The zero-order valence-electron chi connectivity index (χ0n) is 9.68. The molecule has 0 bridgehead atoms. The van der Waals surface area contributed by atoms with E-state index in [9.17, 15) is 0 Å². The second-order valence-corrected chi connectivity index (χ2v) is 4.70. The maximum absolute atomic E-state index is 3.94. The predicted molar refractivity (Wildman–Crippen MR) is 62.5 cm³/mol. The Morgan fingerprint density at radius 2 is 2.36 bits per heavy atom. The minimum atomic E-state index is 0.899. The van der Waals surface area contributed by atoms with E-state index in [1.807, 2.05) is 0 Å². The van der Waals surface area contributed by atoms with Gasteiger partial charge in [-0.1, -0.05) is 12.2 Å². The molecule has 14 heavy (non-hydrogen) atoms. The highest BCUT2D eigenvalue weighted by Crippen LogP contribution is 2.14. The van der Waals surface area contributed by atoms with Gasteiger partial charge in [0.1, 0.15) is 0 Å². The maximum atomic E-state index is 3.94. The summed E-state index contributed by atoms with van der Waals surface area (Å²) in [4.78, 5) is 2.37. The Kier molecular flexibility index (Phi) is 5.20. The molecular weight excluding hydrogens is 172 g/mol. The normalized spacial score (nSPS) is 22.6. The molecule has 0 saturated carbocycles. The summed E-state index contributed by atoms with van der Waals surface area (Å²) in [5.41, 5.74) is 1.26. The standard InChI is InChI=1S/C12H24N2/c1-11(2)10-14(3)8-6-12-5-4-7-13-9-12/h12-13H,1,4-10H2,2-3H3. The first-order valence-electron chi connectivity index (χ1n) is 5.72. The van der Waals surface area contributed by atoms with Gasteiger partial charge in [0.2, 0.25) is 0 Å². The van der Waals surface area contributed by atoms with Crippen LogP contribution >= 0.6 is 0 Å². The molecule has 1 saturated heterocycles. The highest BCUT2D eigenvalue weighted by Gasteiger charge is 2.13. The number of nitrogens with zero attached hydrogens (tertiary/aromatic N) is 1. The highest BCUT2D eigenvalue weighted by molar-refractivity contribution is 4.91. The number of nitrogens with one attached hydrogen (secondary N) is 1. The lowest BCUT2D eigenvalue weighted by molar-refractivity contribution is 0.286. The average molecular weight is 196 g/mol. The Labute approximate surface area is 88.4 Å². The first-order chi connectivity index (χ1) is 6.68. The molecule has 1 rings (SSSR count). The maximum Gasteiger partial charge on any atom is 0.0184 e. The molecule has 1 atom stereocenters. The van der Waals surface area contributed by atoms with Gasteiger partial charge < -0.3 is 10.2 Å². The zero-order chi connectivity index (χ0) is 10.4. The molecule has 1 heterocycles. The Hall–Kier alpha value is -0.340. The third kappa shape index (κ3) is 4.77. The second-order valence-electron chi connectivity index (χ2n) is 4.70. The number of likely N-dealkylation sites (N-methyl/N-ethyl adjacent to an activating group) is 1. The van der Waals surface area contributed by atoms with Crippen LogP contribution in [-0.4, -0.2) is 38.1 Å². The van der Waals surface area contributed by atoms with Crippen LogP contribution in [0.5, 0.6) is 0 Å². The fraction of sp³-hybridized carbons (Fsp3) is 0.833. The molecule has 2 heteroatoms. The van der Waals surface area contributed by atoms with Gasteiger partial charge in [0, 0.05) is 6.54 Å². The van der Waals surface area contributed by atoms with Crippen molar-refractivity contribution in [1.29, 1.82) is 0 Å². The lowest BCUT2D eigenvalue weighted by Gasteiger charge is -2.25. The summed E-state index contributed by atoms with van der Waals surface area (Å²) in [5.74, 6) is 0.899. The van der Waals surface area contributed by atoms with Crippen LogP contribution in [0.3, 0.4) is 0 Å². The SMILES string of the molecule is C=C(C)CN(C)CCC1CCCNC1. The molecule has 1 aliphatic rings. The van der Waals surface area contributed by atoms with Crippen LogP contribution in [0.4, 0.5) is 0 Å². The molecule has 0 radical (unpaired) electrons. The van der Waals surface area contributed by atoms with Gasteiger partial charge in [0.15, 0.2) is 0 Å². The van der Waals surface area contributed by atoms with Gasteiger partial charge in [-0.3, -0.25) is 0 Å². The third-order valence-corrected chi connectivity index (χ3v) is 2.86. The fourth-order valence-electron chi connectivity index (χ4n) is 2.11. The van der Waals surface area contributed by atoms with Gasteiger partial charge >= 0.3 is 0 Å². The van der Waals surface area contributed by atoms with Crippen molar-refractivity contribution in [2.24, 2.45) is 5.92 Å². The van der Waals surface area contributed by atoms with E-state index in [2.05, 4.69) is 30.8 Å². The molecule has 0 aliphatic carbocycles.